The van der Waals surface area contributed by atoms with Crippen molar-refractivity contribution in [2.45, 2.75) is 47.5 Å². The number of ether oxygens (including phenoxy) is 2. The van der Waals surface area contributed by atoms with Gasteiger partial charge in [0.2, 0.25) is 0 Å². The molecule has 0 saturated carbocycles. The first-order valence-corrected chi connectivity index (χ1v) is 8.18. The average Bonchev–Trinajstić information content (AvgIpc) is 2.46. The van der Waals surface area contributed by atoms with Crippen LogP contribution in [0.4, 0.5) is 0 Å². The Morgan fingerprint density at radius 3 is 2.22 bits per heavy atom. The van der Waals surface area contributed by atoms with E-state index in [9.17, 15) is 9.59 Å². The van der Waals surface area contributed by atoms with E-state index in [1.807, 2.05) is 27.7 Å². The first-order chi connectivity index (χ1) is 10.7. The Balaban J connectivity index is 3.02. The van der Waals surface area contributed by atoms with Crippen molar-refractivity contribution in [1.29, 1.82) is 0 Å². The number of esters is 2. The van der Waals surface area contributed by atoms with E-state index in [-0.39, 0.29) is 23.1 Å². The summed E-state index contributed by atoms with van der Waals surface area (Å²) in [6.07, 6.45) is 1.70. The fourth-order valence-corrected chi connectivity index (χ4v) is 1.93. The van der Waals surface area contributed by atoms with E-state index in [1.165, 1.54) is 6.07 Å². The topological polar surface area (TPSA) is 52.6 Å². The van der Waals surface area contributed by atoms with Gasteiger partial charge in [-0.3, -0.25) is 0 Å². The minimum atomic E-state index is -0.565. The molecule has 4 nitrogen and oxygen atoms in total. The number of unbranched alkanes of at least 4 members (excludes halogenated alkanes) is 1. The van der Waals surface area contributed by atoms with Crippen LogP contribution in [0, 0.1) is 12.3 Å². The van der Waals surface area contributed by atoms with Gasteiger partial charge < -0.3 is 9.47 Å². The Bertz CT molecular complexity index is 573. The molecule has 0 bridgehead atoms. The maximum absolute atomic E-state index is 12.3. The predicted molar refractivity (Wildman–Crippen MR) is 91.1 cm³/mol. The second kappa shape index (κ2) is 8.34. The van der Waals surface area contributed by atoms with E-state index in [1.54, 1.807) is 13.0 Å². The van der Waals surface area contributed by atoms with Crippen LogP contribution < -0.4 is 0 Å². The monoisotopic (exact) mass is 340 g/mol. The zero-order valence-corrected chi connectivity index (χ0v) is 15.3. The molecule has 5 heteroatoms. The smallest absolute Gasteiger partial charge is 0.339 e. The van der Waals surface area contributed by atoms with Gasteiger partial charge in [-0.25, -0.2) is 9.59 Å². The van der Waals surface area contributed by atoms with Crippen LogP contribution in [0.1, 0.15) is 66.8 Å². The Morgan fingerprint density at radius 2 is 1.65 bits per heavy atom. The van der Waals surface area contributed by atoms with Crippen molar-refractivity contribution in [1.82, 2.24) is 0 Å². The summed E-state index contributed by atoms with van der Waals surface area (Å²) < 4.78 is 10.5. The van der Waals surface area contributed by atoms with Gasteiger partial charge in [-0.05, 0) is 36.5 Å². The quantitative estimate of drug-likeness (QED) is 0.551. The molecule has 1 aromatic carbocycles. The number of aryl methyl sites for hydroxylation is 1. The van der Waals surface area contributed by atoms with Crippen molar-refractivity contribution >= 4 is 23.5 Å². The highest BCUT2D eigenvalue weighted by atomic mass is 35.5. The summed E-state index contributed by atoms with van der Waals surface area (Å²) in [4.78, 5) is 24.6. The Morgan fingerprint density at radius 1 is 1.09 bits per heavy atom. The van der Waals surface area contributed by atoms with Gasteiger partial charge in [-0.15, -0.1) is 0 Å². The molecule has 23 heavy (non-hydrogen) atoms. The largest absolute Gasteiger partial charge is 0.462 e. The third kappa shape index (κ3) is 6.22. The van der Waals surface area contributed by atoms with Gasteiger partial charge in [0, 0.05) is 5.02 Å². The SMILES string of the molecule is CCCCOC(=O)c1cc(C)c(Cl)cc1C(=O)OCC(C)(C)C. The molecular formula is C18H25ClO4. The lowest BCUT2D eigenvalue weighted by Crippen LogP contribution is -2.20. The van der Waals surface area contributed by atoms with Crippen molar-refractivity contribution in [2.24, 2.45) is 5.41 Å². The lowest BCUT2D eigenvalue weighted by molar-refractivity contribution is 0.0352. The van der Waals surface area contributed by atoms with Crippen molar-refractivity contribution in [2.75, 3.05) is 13.2 Å². The standard InChI is InChI=1S/C18H25ClO4/c1-6-7-8-22-16(20)13-9-12(2)15(19)10-14(13)17(21)23-11-18(3,4)5/h9-10H,6-8,11H2,1-5H3. The van der Waals surface area contributed by atoms with Crippen LogP contribution in [0.5, 0.6) is 0 Å². The summed E-state index contributed by atoms with van der Waals surface area (Å²) >= 11 is 6.09. The molecule has 0 saturated heterocycles. The summed E-state index contributed by atoms with van der Waals surface area (Å²) in [6.45, 7) is 10.2. The summed E-state index contributed by atoms with van der Waals surface area (Å²) in [5.41, 5.74) is 0.890. The van der Waals surface area contributed by atoms with Crippen LogP contribution in [0.2, 0.25) is 5.02 Å². The fourth-order valence-electron chi connectivity index (χ4n) is 1.77. The zero-order chi connectivity index (χ0) is 17.6. The molecule has 0 aliphatic heterocycles. The highest BCUT2D eigenvalue weighted by Gasteiger charge is 2.23. The molecule has 0 aliphatic rings. The molecule has 0 radical (unpaired) electrons. The number of hydrogen-bond donors (Lipinski definition) is 0. The van der Waals surface area contributed by atoms with E-state index < -0.39 is 11.9 Å². The highest BCUT2D eigenvalue weighted by molar-refractivity contribution is 6.32. The molecule has 128 valence electrons. The van der Waals surface area contributed by atoms with E-state index in [4.69, 9.17) is 21.1 Å². The molecule has 1 rings (SSSR count). The second-order valence-corrected chi connectivity index (χ2v) is 7.18. The van der Waals surface area contributed by atoms with Crippen LogP contribution in [-0.4, -0.2) is 25.2 Å². The molecule has 0 fully saturated rings. The van der Waals surface area contributed by atoms with Crippen LogP contribution >= 0.6 is 11.6 Å². The molecule has 0 spiro atoms. The normalized spacial score (nSPS) is 11.2. The van der Waals surface area contributed by atoms with Crippen molar-refractivity contribution in [3.05, 3.63) is 33.8 Å². The maximum Gasteiger partial charge on any atom is 0.339 e. The minimum Gasteiger partial charge on any atom is -0.462 e. The van der Waals surface area contributed by atoms with Gasteiger partial charge in [-0.2, -0.15) is 0 Å². The predicted octanol–water partition coefficient (Wildman–Crippen LogP) is 4.81. The highest BCUT2D eigenvalue weighted by Crippen LogP contribution is 2.24. The molecule has 0 aromatic heterocycles. The van der Waals surface area contributed by atoms with Gasteiger partial charge in [0.05, 0.1) is 24.3 Å². The summed E-state index contributed by atoms with van der Waals surface area (Å²) in [5, 5.41) is 0.415. The van der Waals surface area contributed by atoms with E-state index in [2.05, 4.69) is 0 Å². The van der Waals surface area contributed by atoms with Crippen LogP contribution in [0.25, 0.3) is 0 Å². The van der Waals surface area contributed by atoms with Gasteiger partial charge in [0.1, 0.15) is 0 Å². The molecule has 0 amide bonds. The molecular weight excluding hydrogens is 316 g/mol. The van der Waals surface area contributed by atoms with Gasteiger partial charge in [-0.1, -0.05) is 45.7 Å². The number of carbonyl (C=O) groups excluding carboxylic acids is 2. The number of rotatable bonds is 6. The molecule has 0 heterocycles. The van der Waals surface area contributed by atoms with Gasteiger partial charge in [0.15, 0.2) is 0 Å². The molecule has 0 aliphatic carbocycles. The fraction of sp³-hybridized carbons (Fsp3) is 0.556. The molecule has 0 atom stereocenters. The van der Waals surface area contributed by atoms with E-state index >= 15 is 0 Å². The van der Waals surface area contributed by atoms with Crippen LogP contribution in [0.3, 0.4) is 0 Å². The van der Waals surface area contributed by atoms with Crippen LogP contribution in [0.15, 0.2) is 12.1 Å². The molecule has 0 unspecified atom stereocenters. The first kappa shape index (κ1) is 19.5. The first-order valence-electron chi connectivity index (χ1n) is 7.80. The lowest BCUT2D eigenvalue weighted by atomic mass is 9.98. The Kier molecular flexibility index (Phi) is 7.07. The van der Waals surface area contributed by atoms with Crippen LogP contribution in [-0.2, 0) is 9.47 Å². The van der Waals surface area contributed by atoms with E-state index in [0.717, 1.165) is 12.8 Å². The van der Waals surface area contributed by atoms with Crippen molar-refractivity contribution in [3.63, 3.8) is 0 Å². The Hall–Kier alpha value is -1.55. The van der Waals surface area contributed by atoms with E-state index in [0.29, 0.717) is 17.2 Å². The average molecular weight is 341 g/mol. The maximum atomic E-state index is 12.3. The third-order valence-electron chi connectivity index (χ3n) is 3.11. The number of halogens is 1. The third-order valence-corrected chi connectivity index (χ3v) is 3.51. The van der Waals surface area contributed by atoms with Crippen molar-refractivity contribution in [3.8, 4) is 0 Å². The number of carbonyl (C=O) groups is 2. The lowest BCUT2D eigenvalue weighted by Gasteiger charge is -2.18. The number of hydrogen-bond acceptors (Lipinski definition) is 4. The minimum absolute atomic E-state index is 0.145. The Labute approximate surface area is 143 Å². The number of benzene rings is 1. The molecule has 1 aromatic rings. The summed E-state index contributed by atoms with van der Waals surface area (Å²) in [6, 6.07) is 3.04. The van der Waals surface area contributed by atoms with Crippen molar-refractivity contribution < 1.29 is 19.1 Å². The summed E-state index contributed by atoms with van der Waals surface area (Å²) in [7, 11) is 0. The zero-order valence-electron chi connectivity index (χ0n) is 14.5. The van der Waals surface area contributed by atoms with Gasteiger partial charge >= 0.3 is 11.9 Å². The summed E-state index contributed by atoms with van der Waals surface area (Å²) in [5.74, 6) is -1.09. The molecule has 0 N–H and O–H groups in total. The van der Waals surface area contributed by atoms with Gasteiger partial charge in [0.25, 0.3) is 0 Å². The second-order valence-electron chi connectivity index (χ2n) is 6.77.